The Balaban J connectivity index is 2.16. The summed E-state index contributed by atoms with van der Waals surface area (Å²) < 4.78 is 1.77. The predicted molar refractivity (Wildman–Crippen MR) is 79.6 cm³/mol. The maximum Gasteiger partial charge on any atom is 0.248 e. The molecule has 3 nitrogen and oxygen atoms in total. The van der Waals surface area contributed by atoms with Crippen LogP contribution in [-0.2, 0) is 4.79 Å². The minimum absolute atomic E-state index is 0.147. The van der Waals surface area contributed by atoms with Crippen LogP contribution in [0.15, 0.2) is 42.5 Å². The van der Waals surface area contributed by atoms with Gasteiger partial charge in [0, 0.05) is 11.8 Å². The maximum atomic E-state index is 11.6. The molecule has 1 amide bonds. The molecule has 0 aliphatic carbocycles. The molecule has 0 aliphatic rings. The number of hydrogen-bond donors (Lipinski definition) is 2. The third kappa shape index (κ3) is 3.15. The molecular weight excluding hydrogens is 264 g/mol. The molecule has 0 saturated carbocycles. The third-order valence-electron chi connectivity index (χ3n) is 2.24. The van der Waals surface area contributed by atoms with Crippen molar-refractivity contribution >= 4 is 45.4 Å². The van der Waals surface area contributed by atoms with Crippen molar-refractivity contribution in [1.29, 1.82) is 0 Å². The Morgan fingerprint density at radius 3 is 3.06 bits per heavy atom. The van der Waals surface area contributed by atoms with Crippen LogP contribution in [0.2, 0.25) is 0 Å². The number of benzene rings is 1. The molecule has 1 aromatic carbocycles. The fraction of sp³-hybridized carbons (Fsp3) is 0.0769. The Labute approximate surface area is 114 Å². The molecule has 1 aromatic heterocycles. The van der Waals surface area contributed by atoms with Crippen LogP contribution in [0.4, 0.5) is 5.69 Å². The summed E-state index contributed by atoms with van der Waals surface area (Å²) in [4.78, 5) is 14.7. The lowest BCUT2D eigenvalue weighted by atomic mass is 10.3. The quantitative estimate of drug-likeness (QED) is 0.505. The molecule has 2 aromatic rings. The lowest BCUT2D eigenvalue weighted by molar-refractivity contribution is -0.111. The van der Waals surface area contributed by atoms with Crippen LogP contribution in [0.3, 0.4) is 0 Å². The highest BCUT2D eigenvalue weighted by molar-refractivity contribution is 7.73. The van der Waals surface area contributed by atoms with Gasteiger partial charge in [0.25, 0.3) is 0 Å². The second-order valence-electron chi connectivity index (χ2n) is 3.60. The molecule has 0 unspecified atom stereocenters. The van der Waals surface area contributed by atoms with Gasteiger partial charge in [-0.2, -0.15) is 0 Å². The fourth-order valence-corrected chi connectivity index (χ4v) is 2.62. The number of aromatic amines is 1. The van der Waals surface area contributed by atoms with Gasteiger partial charge in [0.1, 0.15) is 0 Å². The van der Waals surface area contributed by atoms with Gasteiger partial charge in [-0.05, 0) is 37.3 Å². The van der Waals surface area contributed by atoms with Gasteiger partial charge in [-0.3, -0.25) is 4.79 Å². The fourth-order valence-electron chi connectivity index (χ4n) is 1.46. The molecule has 0 spiro atoms. The first-order valence-electron chi connectivity index (χ1n) is 5.42. The summed E-state index contributed by atoms with van der Waals surface area (Å²) >= 11 is 6.57. The Morgan fingerprint density at radius 1 is 1.44 bits per heavy atom. The van der Waals surface area contributed by atoms with Crippen molar-refractivity contribution in [3.63, 3.8) is 0 Å². The molecule has 2 rings (SSSR count). The second-order valence-corrected chi connectivity index (χ2v) is 5.32. The molecular formula is C13H12N2OS2. The Morgan fingerprint density at radius 2 is 2.28 bits per heavy atom. The predicted octanol–water partition coefficient (Wildman–Crippen LogP) is 4.03. The molecule has 0 bridgehead atoms. The summed E-state index contributed by atoms with van der Waals surface area (Å²) in [6.07, 6.45) is 6.86. The van der Waals surface area contributed by atoms with Crippen LogP contribution in [0.25, 0.3) is 10.2 Å². The number of nitrogens with one attached hydrogen (secondary N) is 2. The van der Waals surface area contributed by atoms with Gasteiger partial charge in [0.2, 0.25) is 5.91 Å². The van der Waals surface area contributed by atoms with E-state index in [-0.39, 0.29) is 5.91 Å². The molecule has 2 N–H and O–H groups in total. The molecule has 5 heteroatoms. The van der Waals surface area contributed by atoms with Gasteiger partial charge in [0.15, 0.2) is 3.95 Å². The van der Waals surface area contributed by atoms with E-state index in [0.717, 1.165) is 19.9 Å². The van der Waals surface area contributed by atoms with E-state index in [2.05, 4.69) is 10.3 Å². The van der Waals surface area contributed by atoms with Crippen molar-refractivity contribution in [2.45, 2.75) is 6.92 Å². The van der Waals surface area contributed by atoms with E-state index in [1.54, 1.807) is 12.2 Å². The van der Waals surface area contributed by atoms with Crippen LogP contribution in [0.5, 0.6) is 0 Å². The smallest absolute Gasteiger partial charge is 0.248 e. The van der Waals surface area contributed by atoms with E-state index in [4.69, 9.17) is 12.2 Å². The number of H-pyrrole nitrogens is 1. The lowest BCUT2D eigenvalue weighted by Gasteiger charge is -2.01. The minimum Gasteiger partial charge on any atom is -0.337 e. The van der Waals surface area contributed by atoms with E-state index < -0.39 is 0 Å². The molecule has 0 saturated heterocycles. The van der Waals surface area contributed by atoms with E-state index in [9.17, 15) is 4.79 Å². The van der Waals surface area contributed by atoms with Crippen LogP contribution in [-0.4, -0.2) is 10.9 Å². The number of carbonyl (C=O) groups is 1. The van der Waals surface area contributed by atoms with Crippen molar-refractivity contribution < 1.29 is 4.79 Å². The van der Waals surface area contributed by atoms with Crippen LogP contribution >= 0.6 is 23.6 Å². The van der Waals surface area contributed by atoms with Crippen molar-refractivity contribution in [3.05, 3.63) is 46.5 Å². The number of hydrogen-bond acceptors (Lipinski definition) is 3. The molecule has 0 radical (unpaired) electrons. The third-order valence-corrected chi connectivity index (χ3v) is 3.44. The molecule has 92 valence electrons. The van der Waals surface area contributed by atoms with Crippen molar-refractivity contribution in [1.82, 2.24) is 4.98 Å². The zero-order valence-electron chi connectivity index (χ0n) is 9.77. The summed E-state index contributed by atoms with van der Waals surface area (Å²) in [5.74, 6) is -0.147. The zero-order valence-corrected chi connectivity index (χ0v) is 11.4. The number of fused-ring (bicyclic) bond motifs is 1. The van der Waals surface area contributed by atoms with Gasteiger partial charge in [-0.15, -0.1) is 11.3 Å². The Bertz CT molecular complexity index is 680. The van der Waals surface area contributed by atoms with Crippen molar-refractivity contribution in [2.75, 3.05) is 5.32 Å². The zero-order chi connectivity index (χ0) is 13.0. The summed E-state index contributed by atoms with van der Waals surface area (Å²) in [5, 5.41) is 2.80. The second kappa shape index (κ2) is 5.75. The Hall–Kier alpha value is -1.72. The summed E-state index contributed by atoms with van der Waals surface area (Å²) in [7, 11) is 0. The average Bonchev–Trinajstić information content (AvgIpc) is 2.69. The van der Waals surface area contributed by atoms with Gasteiger partial charge < -0.3 is 10.3 Å². The van der Waals surface area contributed by atoms with Gasteiger partial charge in [-0.1, -0.05) is 18.2 Å². The molecule has 0 aliphatic heterocycles. The molecule has 0 fully saturated rings. The minimum atomic E-state index is -0.147. The number of carbonyl (C=O) groups excluding carboxylic acids is 1. The van der Waals surface area contributed by atoms with Gasteiger partial charge >= 0.3 is 0 Å². The van der Waals surface area contributed by atoms with E-state index >= 15 is 0 Å². The summed E-state index contributed by atoms with van der Waals surface area (Å²) in [6.45, 7) is 1.90. The normalized spacial score (nSPS) is 11.6. The topological polar surface area (TPSA) is 44.9 Å². The number of rotatable bonds is 3. The first kappa shape index (κ1) is 12.7. The summed E-state index contributed by atoms with van der Waals surface area (Å²) in [5.41, 5.74) is 1.76. The van der Waals surface area contributed by atoms with Crippen molar-refractivity contribution in [2.24, 2.45) is 0 Å². The van der Waals surface area contributed by atoms with Gasteiger partial charge in [-0.25, -0.2) is 0 Å². The number of amides is 1. The summed E-state index contributed by atoms with van der Waals surface area (Å²) in [6, 6.07) is 5.67. The van der Waals surface area contributed by atoms with Gasteiger partial charge in [0.05, 0.1) is 10.2 Å². The lowest BCUT2D eigenvalue weighted by Crippen LogP contribution is -2.07. The standard InChI is InChI=1S/C13H12N2OS2/c1-2-3-4-5-12(16)14-9-6-7-10-11(8-9)18-13(17)15-10/h2-8H,1H3,(H,14,16)(H,15,17). The monoisotopic (exact) mass is 276 g/mol. The highest BCUT2D eigenvalue weighted by Crippen LogP contribution is 2.23. The Kier molecular flexibility index (Phi) is 4.07. The van der Waals surface area contributed by atoms with E-state index in [1.165, 1.54) is 17.4 Å². The van der Waals surface area contributed by atoms with Crippen LogP contribution in [0.1, 0.15) is 6.92 Å². The maximum absolute atomic E-state index is 11.6. The average molecular weight is 276 g/mol. The van der Waals surface area contributed by atoms with E-state index in [1.807, 2.05) is 31.2 Å². The van der Waals surface area contributed by atoms with Crippen LogP contribution in [0, 0.1) is 3.95 Å². The first-order valence-corrected chi connectivity index (χ1v) is 6.65. The first-order chi connectivity index (χ1) is 8.69. The van der Waals surface area contributed by atoms with Crippen molar-refractivity contribution in [3.8, 4) is 0 Å². The SMILES string of the molecule is CC=CC=CC(=O)Nc1ccc2[nH]c(=S)sc2c1. The molecule has 0 atom stereocenters. The number of thiazole rings is 1. The number of allylic oxidation sites excluding steroid dienone is 3. The largest absolute Gasteiger partial charge is 0.337 e. The van der Waals surface area contributed by atoms with Crippen LogP contribution < -0.4 is 5.32 Å². The van der Waals surface area contributed by atoms with E-state index in [0.29, 0.717) is 0 Å². The number of aromatic nitrogens is 1. The molecule has 1 heterocycles. The molecule has 18 heavy (non-hydrogen) atoms. The highest BCUT2D eigenvalue weighted by Gasteiger charge is 2.01. The number of anilines is 1. The highest BCUT2D eigenvalue weighted by atomic mass is 32.1.